The Morgan fingerprint density at radius 2 is 2.44 bits per heavy atom. The lowest BCUT2D eigenvalue weighted by atomic mass is 9.94. The standard InChI is InChI=1S/C16H19N7O2/c1-9(5-17)10-6-20-15-13(14(18)22-23(15)8-10)16(24)21-11-7-19-4-3-12(11)25-2/h3-4,7,9-10,20H,6,8H2,1-2H3,(H2,18,22)(H,21,24). The van der Waals surface area contributed by atoms with Crippen LogP contribution in [0.25, 0.3) is 0 Å². The minimum absolute atomic E-state index is 0.103. The van der Waals surface area contributed by atoms with Crippen LogP contribution in [0.4, 0.5) is 17.3 Å². The van der Waals surface area contributed by atoms with E-state index in [2.05, 4.69) is 26.8 Å². The van der Waals surface area contributed by atoms with Gasteiger partial charge in [-0.1, -0.05) is 0 Å². The second-order valence-corrected chi connectivity index (χ2v) is 5.88. The summed E-state index contributed by atoms with van der Waals surface area (Å²) in [6, 6.07) is 3.89. The molecule has 2 atom stereocenters. The van der Waals surface area contributed by atoms with Crippen LogP contribution in [0.15, 0.2) is 18.5 Å². The van der Waals surface area contributed by atoms with Crippen molar-refractivity contribution in [1.29, 1.82) is 5.26 Å². The SMILES string of the molecule is COc1ccncc1NC(=O)c1c(N)nn2c1NCC(C(C)C#N)C2. The van der Waals surface area contributed by atoms with Crippen LogP contribution >= 0.6 is 0 Å². The van der Waals surface area contributed by atoms with Crippen molar-refractivity contribution >= 4 is 23.2 Å². The average Bonchev–Trinajstić information content (AvgIpc) is 2.96. The van der Waals surface area contributed by atoms with Crippen LogP contribution < -0.4 is 21.1 Å². The summed E-state index contributed by atoms with van der Waals surface area (Å²) < 4.78 is 6.85. The quantitative estimate of drug-likeness (QED) is 0.764. The normalized spacial score (nSPS) is 16.9. The molecule has 0 fully saturated rings. The number of aromatic nitrogens is 3. The Labute approximate surface area is 144 Å². The molecular formula is C16H19N7O2. The first-order chi connectivity index (χ1) is 12.0. The van der Waals surface area contributed by atoms with Crippen LogP contribution in [-0.2, 0) is 6.54 Å². The van der Waals surface area contributed by atoms with Gasteiger partial charge in [0.05, 0.1) is 19.4 Å². The van der Waals surface area contributed by atoms with Crippen molar-refractivity contribution in [2.45, 2.75) is 13.5 Å². The molecule has 0 saturated heterocycles. The van der Waals surface area contributed by atoms with Gasteiger partial charge in [0, 0.05) is 37.2 Å². The van der Waals surface area contributed by atoms with Crippen LogP contribution in [-0.4, -0.2) is 34.3 Å². The Bertz CT molecular complexity index is 839. The summed E-state index contributed by atoms with van der Waals surface area (Å²) in [6.45, 7) is 2.98. The Balaban J connectivity index is 1.86. The Morgan fingerprint density at radius 1 is 1.64 bits per heavy atom. The number of nitriles is 1. The number of fused-ring (bicyclic) bond motifs is 1. The third kappa shape index (κ3) is 3.06. The molecular weight excluding hydrogens is 322 g/mol. The van der Waals surface area contributed by atoms with Crippen LogP contribution in [0.2, 0.25) is 0 Å². The average molecular weight is 341 g/mol. The summed E-state index contributed by atoms with van der Waals surface area (Å²) in [5.74, 6) is 0.768. The highest BCUT2D eigenvalue weighted by Crippen LogP contribution is 2.30. The van der Waals surface area contributed by atoms with E-state index in [0.29, 0.717) is 30.3 Å². The van der Waals surface area contributed by atoms with E-state index in [4.69, 9.17) is 15.7 Å². The van der Waals surface area contributed by atoms with E-state index >= 15 is 0 Å². The zero-order valence-electron chi connectivity index (χ0n) is 14.0. The first-order valence-electron chi connectivity index (χ1n) is 7.84. The maximum Gasteiger partial charge on any atom is 0.263 e. The van der Waals surface area contributed by atoms with Crippen LogP contribution in [0.1, 0.15) is 17.3 Å². The topological polar surface area (TPSA) is 131 Å². The second kappa shape index (κ2) is 6.68. The van der Waals surface area contributed by atoms with E-state index in [9.17, 15) is 4.79 Å². The molecule has 25 heavy (non-hydrogen) atoms. The van der Waals surface area contributed by atoms with Gasteiger partial charge in [0.1, 0.15) is 22.8 Å². The number of hydrogen-bond acceptors (Lipinski definition) is 7. The minimum atomic E-state index is -0.399. The Morgan fingerprint density at radius 3 is 3.16 bits per heavy atom. The smallest absolute Gasteiger partial charge is 0.263 e. The van der Waals surface area contributed by atoms with Crippen molar-refractivity contribution in [2.75, 3.05) is 30.0 Å². The van der Waals surface area contributed by atoms with E-state index in [0.717, 1.165) is 0 Å². The molecule has 0 spiro atoms. The molecule has 0 saturated carbocycles. The number of anilines is 3. The van der Waals surface area contributed by atoms with E-state index < -0.39 is 5.91 Å². The van der Waals surface area contributed by atoms with Gasteiger partial charge < -0.3 is 21.1 Å². The van der Waals surface area contributed by atoms with Crippen LogP contribution in [0.5, 0.6) is 5.75 Å². The first kappa shape index (κ1) is 16.6. The molecule has 3 heterocycles. The third-order valence-electron chi connectivity index (χ3n) is 4.31. The predicted molar refractivity (Wildman–Crippen MR) is 92.1 cm³/mol. The van der Waals surface area contributed by atoms with Crippen molar-refractivity contribution < 1.29 is 9.53 Å². The number of rotatable bonds is 4. The number of methoxy groups -OCH3 is 1. The van der Waals surface area contributed by atoms with Gasteiger partial charge in [0.15, 0.2) is 5.82 Å². The molecule has 2 aromatic rings. The van der Waals surface area contributed by atoms with E-state index in [1.807, 2.05) is 6.92 Å². The number of nitrogens with two attached hydrogens (primary N) is 1. The van der Waals surface area contributed by atoms with Crippen LogP contribution in [0.3, 0.4) is 0 Å². The summed E-state index contributed by atoms with van der Waals surface area (Å²) >= 11 is 0. The van der Waals surface area contributed by atoms with Gasteiger partial charge in [-0.15, -0.1) is 0 Å². The van der Waals surface area contributed by atoms with Gasteiger partial charge in [-0.2, -0.15) is 10.4 Å². The lowest BCUT2D eigenvalue weighted by Gasteiger charge is -2.26. The fourth-order valence-electron chi connectivity index (χ4n) is 2.81. The molecule has 4 N–H and O–H groups in total. The monoisotopic (exact) mass is 341 g/mol. The molecule has 1 aliphatic rings. The van der Waals surface area contributed by atoms with E-state index in [-0.39, 0.29) is 23.2 Å². The summed E-state index contributed by atoms with van der Waals surface area (Å²) in [6.07, 6.45) is 3.07. The highest BCUT2D eigenvalue weighted by molar-refractivity contribution is 6.11. The number of nitrogens with one attached hydrogen (secondary N) is 2. The second-order valence-electron chi connectivity index (χ2n) is 5.88. The lowest BCUT2D eigenvalue weighted by Crippen LogP contribution is -2.32. The number of carbonyl (C=O) groups is 1. The number of carbonyl (C=O) groups excluding carboxylic acids is 1. The molecule has 9 heteroatoms. The first-order valence-corrected chi connectivity index (χ1v) is 7.84. The van der Waals surface area contributed by atoms with E-state index in [1.54, 1.807) is 16.9 Å². The summed E-state index contributed by atoms with van der Waals surface area (Å²) in [5, 5.41) is 19.2. The zero-order chi connectivity index (χ0) is 18.0. The number of amides is 1. The largest absolute Gasteiger partial charge is 0.494 e. The molecule has 0 radical (unpaired) electrons. The van der Waals surface area contributed by atoms with Crippen molar-refractivity contribution in [3.8, 4) is 11.8 Å². The maximum absolute atomic E-state index is 12.7. The number of pyridine rings is 1. The fourth-order valence-corrected chi connectivity index (χ4v) is 2.81. The van der Waals surface area contributed by atoms with E-state index in [1.165, 1.54) is 13.3 Å². The molecule has 3 rings (SSSR count). The molecule has 1 amide bonds. The van der Waals surface area contributed by atoms with Gasteiger partial charge in [0.25, 0.3) is 5.91 Å². The Kier molecular flexibility index (Phi) is 4.43. The van der Waals surface area contributed by atoms with Gasteiger partial charge in [-0.25, -0.2) is 4.68 Å². The summed E-state index contributed by atoms with van der Waals surface area (Å²) in [4.78, 5) is 16.7. The number of nitrogen functional groups attached to an aromatic ring is 1. The van der Waals surface area contributed by atoms with Gasteiger partial charge in [-0.05, 0) is 6.92 Å². The Hall–Kier alpha value is -3.28. The number of ether oxygens (including phenoxy) is 1. The molecule has 2 unspecified atom stereocenters. The third-order valence-corrected chi connectivity index (χ3v) is 4.31. The van der Waals surface area contributed by atoms with Gasteiger partial charge in [-0.3, -0.25) is 9.78 Å². The van der Waals surface area contributed by atoms with Crippen molar-refractivity contribution in [3.63, 3.8) is 0 Å². The molecule has 0 aliphatic carbocycles. The summed E-state index contributed by atoms with van der Waals surface area (Å²) in [7, 11) is 1.51. The van der Waals surface area contributed by atoms with Crippen LogP contribution in [0, 0.1) is 23.2 Å². The zero-order valence-corrected chi connectivity index (χ0v) is 14.0. The molecule has 0 aromatic carbocycles. The number of hydrogen-bond donors (Lipinski definition) is 3. The minimum Gasteiger partial charge on any atom is -0.494 e. The predicted octanol–water partition coefficient (Wildman–Crippen LogP) is 1.32. The van der Waals surface area contributed by atoms with Crippen molar-refractivity contribution in [3.05, 3.63) is 24.0 Å². The van der Waals surface area contributed by atoms with Crippen molar-refractivity contribution in [1.82, 2.24) is 14.8 Å². The molecule has 9 nitrogen and oxygen atoms in total. The molecule has 130 valence electrons. The lowest BCUT2D eigenvalue weighted by molar-refractivity contribution is 0.102. The summed E-state index contributed by atoms with van der Waals surface area (Å²) in [5.41, 5.74) is 6.67. The van der Waals surface area contributed by atoms with Gasteiger partial charge >= 0.3 is 0 Å². The van der Waals surface area contributed by atoms with Gasteiger partial charge in [0.2, 0.25) is 0 Å². The fraction of sp³-hybridized carbons (Fsp3) is 0.375. The molecule has 2 aromatic heterocycles. The highest BCUT2D eigenvalue weighted by atomic mass is 16.5. The molecule has 1 aliphatic heterocycles. The maximum atomic E-state index is 12.7. The molecule has 0 bridgehead atoms. The highest BCUT2D eigenvalue weighted by Gasteiger charge is 2.30. The number of nitrogens with zero attached hydrogens (tertiary/aromatic N) is 4. The van der Waals surface area contributed by atoms with Crippen molar-refractivity contribution in [2.24, 2.45) is 11.8 Å².